The molecule has 0 amide bonds. The topological polar surface area (TPSA) is 116 Å². The molecule has 0 aliphatic carbocycles. The highest BCUT2D eigenvalue weighted by Gasteiger charge is 2.51. The van der Waals surface area contributed by atoms with Gasteiger partial charge in [0, 0.05) is 23.5 Å². The van der Waals surface area contributed by atoms with Crippen molar-refractivity contribution in [3.05, 3.63) is 28.5 Å². The van der Waals surface area contributed by atoms with Crippen molar-refractivity contribution in [2.24, 2.45) is 5.92 Å². The average molecular weight is 367 g/mol. The maximum atomic E-state index is 12.9. The number of carbonyl (C=O) groups is 2. The van der Waals surface area contributed by atoms with Gasteiger partial charge in [0.05, 0.1) is 19.7 Å². The van der Waals surface area contributed by atoms with E-state index < -0.39 is 46.9 Å². The van der Waals surface area contributed by atoms with Crippen molar-refractivity contribution in [1.82, 2.24) is 0 Å². The maximum absolute atomic E-state index is 12.9. The molecule has 26 heavy (non-hydrogen) atoms. The predicted octanol–water partition coefficient (Wildman–Crippen LogP) is 0.178. The largest absolute Gasteiger partial charge is 0.632 e. The van der Waals surface area contributed by atoms with E-state index in [-0.39, 0.29) is 25.1 Å². The Morgan fingerprint density at radius 1 is 1.46 bits per heavy atom. The van der Waals surface area contributed by atoms with Crippen molar-refractivity contribution < 1.29 is 33.9 Å². The summed E-state index contributed by atoms with van der Waals surface area (Å²) in [4.78, 5) is 25.0. The second-order valence-corrected chi connectivity index (χ2v) is 7.39. The fraction of sp³-hybridized carbons (Fsp3) is 0.667. The molecule has 0 aromatic heterocycles. The van der Waals surface area contributed by atoms with Crippen LogP contribution in [0, 0.1) is 11.1 Å². The molecule has 5 atom stereocenters. The van der Waals surface area contributed by atoms with Crippen molar-refractivity contribution >= 4 is 11.9 Å². The third-order valence-corrected chi connectivity index (χ3v) is 5.87. The second kappa shape index (κ2) is 6.77. The first-order valence-corrected chi connectivity index (χ1v) is 8.88. The molecule has 3 rings (SSSR count). The van der Waals surface area contributed by atoms with Crippen LogP contribution >= 0.6 is 0 Å². The molecule has 0 spiro atoms. The SMILES string of the molecule is C/C=C1/CC(C)C(O)(CO)C(=O)OCC2=CC[N+]3([O-])CC[C@@H](OC1=O)[C@@H]23. The molecule has 3 heterocycles. The van der Waals surface area contributed by atoms with Gasteiger partial charge in [-0.05, 0) is 19.4 Å². The van der Waals surface area contributed by atoms with Crippen LogP contribution in [0.3, 0.4) is 0 Å². The van der Waals surface area contributed by atoms with E-state index in [2.05, 4.69) is 0 Å². The molecule has 0 bridgehead atoms. The van der Waals surface area contributed by atoms with Gasteiger partial charge in [-0.1, -0.05) is 13.0 Å². The number of hydrogen-bond acceptors (Lipinski definition) is 7. The van der Waals surface area contributed by atoms with E-state index in [0.29, 0.717) is 18.5 Å². The van der Waals surface area contributed by atoms with E-state index in [1.165, 1.54) is 0 Å². The molecule has 8 heteroatoms. The standard InChI is InChI=1S/C18H25NO7/c1-3-12-8-11(2)18(23,10-20)17(22)25-9-13-4-6-19(24)7-5-14(15(13)19)26-16(12)21/h3-4,11,14-15,20,23H,5-10H2,1-2H3/b12-3-/t11?,14-,15-,18?,19?/m1/s1. The molecule has 0 radical (unpaired) electrons. The lowest BCUT2D eigenvalue weighted by atomic mass is 9.84. The number of nitrogens with zero attached hydrogens (tertiary/aromatic N) is 1. The normalized spacial score (nSPS) is 42.4. The lowest BCUT2D eigenvalue weighted by molar-refractivity contribution is -0.877. The highest BCUT2D eigenvalue weighted by molar-refractivity contribution is 5.89. The first-order chi connectivity index (χ1) is 12.2. The zero-order chi connectivity index (χ0) is 19.1. The van der Waals surface area contributed by atoms with Crippen molar-refractivity contribution in [1.29, 1.82) is 0 Å². The number of aliphatic hydroxyl groups excluding tert-OH is 1. The third kappa shape index (κ3) is 2.96. The van der Waals surface area contributed by atoms with Crippen molar-refractivity contribution in [2.75, 3.05) is 26.3 Å². The van der Waals surface area contributed by atoms with Crippen LogP contribution in [0.25, 0.3) is 0 Å². The van der Waals surface area contributed by atoms with Crippen LogP contribution in [0.1, 0.15) is 26.7 Å². The number of hydrogen-bond donors (Lipinski definition) is 2. The minimum absolute atomic E-state index is 0.0406. The summed E-state index contributed by atoms with van der Waals surface area (Å²) in [6.07, 6.45) is 3.22. The van der Waals surface area contributed by atoms with E-state index in [1.807, 2.05) is 0 Å². The number of rotatable bonds is 1. The first kappa shape index (κ1) is 19.0. The van der Waals surface area contributed by atoms with Gasteiger partial charge in [-0.15, -0.1) is 0 Å². The number of aliphatic hydroxyl groups is 2. The molecule has 2 N–H and O–H groups in total. The summed E-state index contributed by atoms with van der Waals surface area (Å²) in [5.41, 5.74) is -1.25. The van der Waals surface area contributed by atoms with Gasteiger partial charge in [-0.25, -0.2) is 9.59 Å². The van der Waals surface area contributed by atoms with Crippen LogP contribution in [0.5, 0.6) is 0 Å². The number of carbonyl (C=O) groups excluding carboxylic acids is 2. The Kier molecular flexibility index (Phi) is 4.96. The predicted molar refractivity (Wildman–Crippen MR) is 90.3 cm³/mol. The summed E-state index contributed by atoms with van der Waals surface area (Å²) in [6, 6.07) is -0.594. The molecular weight excluding hydrogens is 342 g/mol. The molecule has 0 saturated carbocycles. The van der Waals surface area contributed by atoms with Crippen LogP contribution in [0.2, 0.25) is 0 Å². The van der Waals surface area contributed by atoms with Gasteiger partial charge < -0.3 is 29.5 Å². The molecule has 144 valence electrons. The number of ether oxygens (including phenoxy) is 2. The van der Waals surface area contributed by atoms with Gasteiger partial charge in [0.15, 0.2) is 17.7 Å². The smallest absolute Gasteiger partial charge is 0.341 e. The minimum atomic E-state index is -2.13. The summed E-state index contributed by atoms with van der Waals surface area (Å²) in [5.74, 6) is -2.27. The Bertz CT molecular complexity index is 672. The van der Waals surface area contributed by atoms with Crippen LogP contribution < -0.4 is 0 Å². The van der Waals surface area contributed by atoms with Gasteiger partial charge >= 0.3 is 11.9 Å². The van der Waals surface area contributed by atoms with Crippen LogP contribution in [0.15, 0.2) is 23.3 Å². The summed E-state index contributed by atoms with van der Waals surface area (Å²) >= 11 is 0. The monoisotopic (exact) mass is 367 g/mol. The number of quaternary nitrogens is 1. The molecule has 3 aliphatic rings. The fourth-order valence-electron chi connectivity index (χ4n) is 4.08. The van der Waals surface area contributed by atoms with Crippen molar-refractivity contribution in [3.8, 4) is 0 Å². The van der Waals surface area contributed by atoms with Crippen LogP contribution in [-0.2, 0) is 19.1 Å². The van der Waals surface area contributed by atoms with Crippen LogP contribution in [-0.4, -0.2) is 70.8 Å². The Hall–Kier alpha value is -1.74. The molecule has 0 aromatic rings. The molecular formula is C18H25NO7. The lowest BCUT2D eigenvalue weighted by Crippen LogP contribution is -2.51. The van der Waals surface area contributed by atoms with E-state index >= 15 is 0 Å². The molecule has 2 fully saturated rings. The van der Waals surface area contributed by atoms with E-state index in [1.54, 1.807) is 26.0 Å². The Balaban J connectivity index is 1.96. The summed E-state index contributed by atoms with van der Waals surface area (Å²) in [6.45, 7) is 2.81. The molecule has 0 aromatic carbocycles. The number of cyclic esters (lactones) is 1. The molecule has 3 unspecified atom stereocenters. The highest BCUT2D eigenvalue weighted by Crippen LogP contribution is 2.39. The first-order valence-electron chi connectivity index (χ1n) is 8.88. The van der Waals surface area contributed by atoms with Crippen molar-refractivity contribution in [2.45, 2.75) is 44.4 Å². The van der Waals surface area contributed by atoms with Crippen molar-refractivity contribution in [3.63, 3.8) is 0 Å². The Morgan fingerprint density at radius 3 is 2.85 bits per heavy atom. The quantitative estimate of drug-likeness (QED) is 0.223. The summed E-state index contributed by atoms with van der Waals surface area (Å²) in [5, 5.41) is 33.1. The minimum Gasteiger partial charge on any atom is -0.632 e. The van der Waals surface area contributed by atoms with Gasteiger partial charge in [0.2, 0.25) is 0 Å². The maximum Gasteiger partial charge on any atom is 0.341 e. The third-order valence-electron chi connectivity index (χ3n) is 5.87. The number of hydroxylamine groups is 3. The van der Waals surface area contributed by atoms with Gasteiger partial charge in [0.1, 0.15) is 6.61 Å². The molecule has 8 nitrogen and oxygen atoms in total. The van der Waals surface area contributed by atoms with E-state index in [0.717, 1.165) is 0 Å². The van der Waals surface area contributed by atoms with Gasteiger partial charge in [0.25, 0.3) is 0 Å². The Labute approximate surface area is 151 Å². The van der Waals surface area contributed by atoms with Crippen LogP contribution in [0.4, 0.5) is 0 Å². The number of allylic oxidation sites excluding steroid dienone is 1. The fourth-order valence-corrected chi connectivity index (χ4v) is 4.08. The van der Waals surface area contributed by atoms with E-state index in [4.69, 9.17) is 9.47 Å². The summed E-state index contributed by atoms with van der Waals surface area (Å²) in [7, 11) is 0. The zero-order valence-corrected chi connectivity index (χ0v) is 15.0. The van der Waals surface area contributed by atoms with E-state index in [9.17, 15) is 25.0 Å². The highest BCUT2D eigenvalue weighted by atomic mass is 16.6. The van der Waals surface area contributed by atoms with Gasteiger partial charge in [-0.3, -0.25) is 0 Å². The average Bonchev–Trinajstić information content (AvgIpc) is 3.11. The Morgan fingerprint density at radius 2 is 2.19 bits per heavy atom. The molecule has 2 saturated heterocycles. The molecule has 3 aliphatic heterocycles. The zero-order valence-electron chi connectivity index (χ0n) is 15.0. The lowest BCUT2D eigenvalue weighted by Gasteiger charge is -2.41. The summed E-state index contributed by atoms with van der Waals surface area (Å²) < 4.78 is 10.4. The second-order valence-electron chi connectivity index (χ2n) is 7.39. The number of esters is 2. The van der Waals surface area contributed by atoms with Gasteiger partial charge in [-0.2, -0.15) is 0 Å².